The Morgan fingerprint density at radius 3 is 1.41 bits per heavy atom. The molecule has 0 aromatic heterocycles. The van der Waals surface area contributed by atoms with Gasteiger partial charge in [0.25, 0.3) is 0 Å². The van der Waals surface area contributed by atoms with Crippen molar-refractivity contribution in [1.29, 1.82) is 0 Å². The molecule has 3 heteroatoms. The first-order chi connectivity index (χ1) is 10.7. The summed E-state index contributed by atoms with van der Waals surface area (Å²) >= 11 is 0. The number of aryl methyl sites for hydroxylation is 2. The van der Waals surface area contributed by atoms with Crippen LogP contribution in [0.4, 0.5) is 0 Å². The maximum Gasteiger partial charge on any atom is 0.346 e. The van der Waals surface area contributed by atoms with E-state index in [4.69, 9.17) is 4.74 Å². The molecule has 0 spiro atoms. The second-order valence-electron chi connectivity index (χ2n) is 5.63. The minimum absolute atomic E-state index is 0.404. The number of rotatable bonds is 0. The molecule has 6 rings (SSSR count). The molecule has 0 radical (unpaired) electrons. The Bertz CT molecular complexity index is 609. The smallest absolute Gasteiger partial charge is 0.346 e. The third-order valence-electron chi connectivity index (χ3n) is 4.00. The van der Waals surface area contributed by atoms with E-state index in [1.165, 1.54) is 17.5 Å². The number of ether oxygens (including phenoxy) is 1. The van der Waals surface area contributed by atoms with Gasteiger partial charge in [-0.25, -0.2) is 9.59 Å². The SMILES string of the molecule is O=C1OC(=O)c2ccc(cc2)CCCCCc2ccc1cc2. The van der Waals surface area contributed by atoms with Gasteiger partial charge in [-0.1, -0.05) is 30.7 Å². The summed E-state index contributed by atoms with van der Waals surface area (Å²) in [6.07, 6.45) is 5.46. The van der Waals surface area contributed by atoms with Crippen molar-refractivity contribution >= 4 is 11.9 Å². The van der Waals surface area contributed by atoms with Gasteiger partial charge in [0.2, 0.25) is 0 Å². The van der Waals surface area contributed by atoms with Crippen LogP contribution in [0.3, 0.4) is 0 Å². The quantitative estimate of drug-likeness (QED) is 0.546. The molecule has 0 saturated carbocycles. The molecule has 0 unspecified atom stereocenters. The van der Waals surface area contributed by atoms with E-state index in [0.29, 0.717) is 11.1 Å². The molecule has 4 heterocycles. The van der Waals surface area contributed by atoms with Gasteiger partial charge in [-0.2, -0.15) is 0 Å². The number of hydrogen-bond acceptors (Lipinski definition) is 3. The van der Waals surface area contributed by atoms with E-state index in [1.54, 1.807) is 24.3 Å². The van der Waals surface area contributed by atoms with Gasteiger partial charge in [-0.15, -0.1) is 0 Å². The first kappa shape index (κ1) is 14.5. The van der Waals surface area contributed by atoms with Gasteiger partial charge in [0, 0.05) is 0 Å². The van der Waals surface area contributed by atoms with Gasteiger partial charge in [0.1, 0.15) is 0 Å². The molecule has 4 bridgehead atoms. The van der Waals surface area contributed by atoms with Gasteiger partial charge >= 0.3 is 11.9 Å². The van der Waals surface area contributed by atoms with Gasteiger partial charge in [-0.05, 0) is 61.1 Å². The Morgan fingerprint density at radius 1 is 0.591 bits per heavy atom. The maximum absolute atomic E-state index is 12.0. The predicted octanol–water partition coefficient (Wildman–Crippen LogP) is 3.95. The molecule has 0 atom stereocenters. The fourth-order valence-corrected chi connectivity index (χ4v) is 2.65. The molecule has 4 aliphatic heterocycles. The highest BCUT2D eigenvalue weighted by Crippen LogP contribution is 2.15. The van der Waals surface area contributed by atoms with Crippen molar-refractivity contribution in [2.24, 2.45) is 0 Å². The molecular formula is C19H18O3. The third kappa shape index (κ3) is 3.42. The van der Waals surface area contributed by atoms with E-state index in [0.717, 1.165) is 25.7 Å². The lowest BCUT2D eigenvalue weighted by Gasteiger charge is -2.08. The average Bonchev–Trinajstić information content (AvgIpc) is 2.54. The molecule has 2 aromatic carbocycles. The second kappa shape index (κ2) is 6.56. The summed E-state index contributed by atoms with van der Waals surface area (Å²) in [4.78, 5) is 24.0. The van der Waals surface area contributed by atoms with Crippen LogP contribution in [0.25, 0.3) is 0 Å². The molecule has 4 aliphatic rings. The van der Waals surface area contributed by atoms with Gasteiger partial charge in [0.15, 0.2) is 0 Å². The lowest BCUT2D eigenvalue weighted by molar-refractivity contribution is 0.0398. The Kier molecular flexibility index (Phi) is 4.33. The maximum atomic E-state index is 12.0. The van der Waals surface area contributed by atoms with Crippen molar-refractivity contribution in [3.63, 3.8) is 0 Å². The molecule has 0 N–H and O–H groups in total. The standard InChI is InChI=1S/C19H18O3/c20-18-16-10-6-14(7-11-16)4-2-1-3-5-15-8-12-17(13-9-15)19(21)22-18/h6-13H,1-5H2. The van der Waals surface area contributed by atoms with E-state index in [9.17, 15) is 9.59 Å². The van der Waals surface area contributed by atoms with Crippen LogP contribution in [0.1, 0.15) is 51.1 Å². The Balaban J connectivity index is 1.86. The van der Waals surface area contributed by atoms with Gasteiger partial charge in [0.05, 0.1) is 11.1 Å². The van der Waals surface area contributed by atoms with Crippen LogP contribution in [-0.2, 0) is 17.6 Å². The Morgan fingerprint density at radius 2 is 1.00 bits per heavy atom. The van der Waals surface area contributed by atoms with Crippen molar-refractivity contribution in [2.75, 3.05) is 0 Å². The summed E-state index contributed by atoms with van der Waals surface area (Å²) in [6.45, 7) is 0. The van der Waals surface area contributed by atoms with Crippen LogP contribution in [-0.4, -0.2) is 11.9 Å². The highest BCUT2D eigenvalue weighted by Gasteiger charge is 2.15. The van der Waals surface area contributed by atoms with Crippen LogP contribution in [0.2, 0.25) is 0 Å². The fraction of sp³-hybridized carbons (Fsp3) is 0.263. The second-order valence-corrected chi connectivity index (χ2v) is 5.63. The number of benzene rings is 2. The molecule has 0 amide bonds. The van der Waals surface area contributed by atoms with Crippen LogP contribution >= 0.6 is 0 Å². The van der Waals surface area contributed by atoms with E-state index in [1.807, 2.05) is 24.3 Å². The minimum atomic E-state index is -0.604. The van der Waals surface area contributed by atoms with Crippen LogP contribution in [0.15, 0.2) is 48.5 Å². The third-order valence-corrected chi connectivity index (χ3v) is 4.00. The van der Waals surface area contributed by atoms with E-state index < -0.39 is 11.9 Å². The van der Waals surface area contributed by atoms with Crippen molar-refractivity contribution in [3.8, 4) is 0 Å². The molecule has 0 saturated heterocycles. The summed E-state index contributed by atoms with van der Waals surface area (Å²) in [5.74, 6) is -1.21. The topological polar surface area (TPSA) is 43.4 Å². The first-order valence-electron chi connectivity index (χ1n) is 7.67. The zero-order chi connectivity index (χ0) is 15.4. The molecule has 0 aliphatic carbocycles. The lowest BCUT2D eigenvalue weighted by Crippen LogP contribution is -2.13. The van der Waals surface area contributed by atoms with Crippen molar-refractivity contribution in [2.45, 2.75) is 32.1 Å². The van der Waals surface area contributed by atoms with Crippen molar-refractivity contribution in [1.82, 2.24) is 0 Å². The van der Waals surface area contributed by atoms with E-state index >= 15 is 0 Å². The van der Waals surface area contributed by atoms with Gasteiger partial charge < -0.3 is 4.74 Å². The summed E-state index contributed by atoms with van der Waals surface area (Å²) in [7, 11) is 0. The highest BCUT2D eigenvalue weighted by atomic mass is 16.6. The normalized spacial score (nSPS) is 15.8. The number of carbonyl (C=O) groups excluding carboxylic acids is 2. The summed E-state index contributed by atoms with van der Waals surface area (Å²) in [5.41, 5.74) is 3.22. The lowest BCUT2D eigenvalue weighted by atomic mass is 10.0. The zero-order valence-electron chi connectivity index (χ0n) is 12.4. The van der Waals surface area contributed by atoms with Crippen LogP contribution < -0.4 is 0 Å². The molecule has 0 fully saturated rings. The summed E-state index contributed by atoms with van der Waals surface area (Å²) < 4.78 is 4.93. The monoisotopic (exact) mass is 294 g/mol. The predicted molar refractivity (Wildman–Crippen MR) is 83.9 cm³/mol. The Hall–Kier alpha value is -2.42. The largest absolute Gasteiger partial charge is 0.386 e. The molecule has 2 aromatic rings. The average molecular weight is 294 g/mol. The first-order valence-corrected chi connectivity index (χ1v) is 7.67. The van der Waals surface area contributed by atoms with E-state index in [-0.39, 0.29) is 0 Å². The fourth-order valence-electron chi connectivity index (χ4n) is 2.65. The van der Waals surface area contributed by atoms with Crippen molar-refractivity contribution < 1.29 is 14.3 Å². The molecule has 22 heavy (non-hydrogen) atoms. The van der Waals surface area contributed by atoms with Crippen molar-refractivity contribution in [3.05, 3.63) is 70.8 Å². The molecular weight excluding hydrogens is 276 g/mol. The van der Waals surface area contributed by atoms with Gasteiger partial charge in [-0.3, -0.25) is 0 Å². The van der Waals surface area contributed by atoms with Crippen LogP contribution in [0.5, 0.6) is 0 Å². The minimum Gasteiger partial charge on any atom is -0.386 e. The molecule has 3 nitrogen and oxygen atoms in total. The number of hydrogen-bond donors (Lipinski definition) is 0. The highest BCUT2D eigenvalue weighted by molar-refractivity contribution is 6.02. The number of carbonyl (C=O) groups is 2. The van der Waals surface area contributed by atoms with Crippen LogP contribution in [0, 0.1) is 0 Å². The number of esters is 2. The van der Waals surface area contributed by atoms with E-state index in [2.05, 4.69) is 0 Å². The summed E-state index contributed by atoms with van der Waals surface area (Å²) in [6, 6.07) is 14.6. The Labute approximate surface area is 129 Å². The zero-order valence-corrected chi connectivity index (χ0v) is 12.4. The summed E-state index contributed by atoms with van der Waals surface area (Å²) in [5, 5.41) is 0. The molecule has 112 valence electrons.